The first kappa shape index (κ1) is 18.9. The lowest BCUT2D eigenvalue weighted by molar-refractivity contribution is -0.129. The topological polar surface area (TPSA) is 46.6 Å². The number of benzene rings is 1. The molecule has 1 saturated carbocycles. The average molecular weight is 357 g/mol. The molecule has 0 radical (unpaired) electrons. The highest BCUT2D eigenvalue weighted by atomic mass is 16.6. The van der Waals surface area contributed by atoms with E-state index < -0.39 is 6.09 Å². The summed E-state index contributed by atoms with van der Waals surface area (Å²) in [4.78, 5) is 26.3. The molecule has 0 spiro atoms. The molecule has 0 unspecified atom stereocenters. The summed E-state index contributed by atoms with van der Waals surface area (Å²) in [5, 5.41) is 0. The largest absolute Gasteiger partial charge is 0.445 e. The van der Waals surface area contributed by atoms with Crippen LogP contribution in [0.2, 0.25) is 0 Å². The molecule has 0 aromatic heterocycles. The molecule has 2 atom stereocenters. The van der Waals surface area contributed by atoms with E-state index in [0.29, 0.717) is 13.0 Å². The van der Waals surface area contributed by atoms with E-state index in [1.54, 1.807) is 0 Å². The first-order valence-electron chi connectivity index (χ1n) is 10.1. The molecule has 1 aromatic rings. The van der Waals surface area contributed by atoms with E-state index in [4.69, 9.17) is 4.74 Å². The Kier molecular flexibility index (Phi) is 6.00. The zero-order chi connectivity index (χ0) is 18.6. The second kappa shape index (κ2) is 8.24. The molecule has 1 saturated heterocycles. The van der Waals surface area contributed by atoms with Crippen molar-refractivity contribution >= 4 is 12.0 Å². The number of amides is 2. The Hall–Kier alpha value is -1.84. The fraction of sp³-hybridized carbons (Fsp3) is 0.636. The van der Waals surface area contributed by atoms with E-state index in [9.17, 15) is 9.59 Å². The fourth-order valence-electron chi connectivity index (χ4n) is 4.51. The first-order chi connectivity index (χ1) is 12.5. The van der Waals surface area contributed by atoms with E-state index >= 15 is 0 Å². The quantitative estimate of drug-likeness (QED) is 0.759. The van der Waals surface area contributed by atoms with Crippen LogP contribution in [0.5, 0.6) is 0 Å². The Morgan fingerprint density at radius 2 is 1.77 bits per heavy atom. The Labute approximate surface area is 156 Å². The number of carbonyl (C=O) groups is 2. The Morgan fingerprint density at radius 3 is 2.54 bits per heavy atom. The molecule has 2 amide bonds. The predicted molar refractivity (Wildman–Crippen MR) is 102 cm³/mol. The van der Waals surface area contributed by atoms with E-state index in [2.05, 4.69) is 38.1 Å². The van der Waals surface area contributed by atoms with Crippen molar-refractivity contribution in [3.8, 4) is 0 Å². The predicted octanol–water partition coefficient (Wildman–Crippen LogP) is 5.06. The smallest absolute Gasteiger partial charge is 0.416 e. The molecule has 4 nitrogen and oxygen atoms in total. The van der Waals surface area contributed by atoms with Crippen molar-refractivity contribution < 1.29 is 14.3 Å². The number of hydrogen-bond acceptors (Lipinski definition) is 3. The lowest BCUT2D eigenvalue weighted by Gasteiger charge is -2.42. The van der Waals surface area contributed by atoms with Gasteiger partial charge in [0.25, 0.3) is 0 Å². The van der Waals surface area contributed by atoms with Crippen LogP contribution in [-0.2, 0) is 14.9 Å². The van der Waals surface area contributed by atoms with Crippen LogP contribution in [0.4, 0.5) is 4.79 Å². The van der Waals surface area contributed by atoms with Gasteiger partial charge >= 0.3 is 6.09 Å². The van der Waals surface area contributed by atoms with Gasteiger partial charge in [-0.15, -0.1) is 0 Å². The minimum absolute atomic E-state index is 0.0740. The van der Waals surface area contributed by atoms with Gasteiger partial charge in [0.2, 0.25) is 5.91 Å². The summed E-state index contributed by atoms with van der Waals surface area (Å²) < 4.78 is 5.94. The van der Waals surface area contributed by atoms with Crippen molar-refractivity contribution in [1.29, 1.82) is 0 Å². The number of rotatable bonds is 3. The van der Waals surface area contributed by atoms with Gasteiger partial charge in [-0.3, -0.25) is 4.79 Å². The molecule has 1 aliphatic carbocycles. The Morgan fingerprint density at radius 1 is 1.04 bits per heavy atom. The van der Waals surface area contributed by atoms with Crippen molar-refractivity contribution in [2.75, 3.05) is 6.54 Å². The highest BCUT2D eigenvalue weighted by Gasteiger charge is 2.41. The number of hydrogen-bond donors (Lipinski definition) is 0. The van der Waals surface area contributed by atoms with Crippen LogP contribution in [0.15, 0.2) is 30.3 Å². The minimum Gasteiger partial charge on any atom is -0.445 e. The molecule has 142 valence electrons. The third kappa shape index (κ3) is 4.11. The molecular formula is C22H31NO3. The van der Waals surface area contributed by atoms with Crippen LogP contribution in [-0.4, -0.2) is 29.5 Å². The summed E-state index contributed by atoms with van der Waals surface area (Å²) in [6, 6.07) is 10.5. The lowest BCUT2D eigenvalue weighted by Crippen LogP contribution is -2.45. The zero-order valence-corrected chi connectivity index (χ0v) is 16.1. The van der Waals surface area contributed by atoms with E-state index in [-0.39, 0.29) is 23.3 Å². The summed E-state index contributed by atoms with van der Waals surface area (Å²) in [5.74, 6) is 0.187. The Balaban J connectivity index is 1.74. The summed E-state index contributed by atoms with van der Waals surface area (Å²) in [6.07, 6.45) is 6.83. The van der Waals surface area contributed by atoms with Gasteiger partial charge in [-0.2, -0.15) is 0 Å². The second-order valence-electron chi connectivity index (χ2n) is 8.26. The second-order valence-corrected chi connectivity index (χ2v) is 8.26. The number of likely N-dealkylation sites (tertiary alicyclic amines) is 1. The van der Waals surface area contributed by atoms with Crippen LogP contribution < -0.4 is 0 Å². The van der Waals surface area contributed by atoms with E-state index in [1.807, 2.05) is 6.07 Å². The lowest BCUT2D eigenvalue weighted by atomic mass is 9.66. The van der Waals surface area contributed by atoms with Gasteiger partial charge < -0.3 is 4.74 Å². The molecule has 1 aromatic carbocycles. The molecule has 26 heavy (non-hydrogen) atoms. The summed E-state index contributed by atoms with van der Waals surface area (Å²) >= 11 is 0. The van der Waals surface area contributed by atoms with Crippen molar-refractivity contribution in [1.82, 2.24) is 4.90 Å². The standard InChI is InChI=1S/C22H31NO3/c1-22(2,17-11-5-3-6-12-17)18-13-8-9-14-19(18)26-21(25)23-16-10-4-7-15-20(23)24/h3,5-6,11-12,18-19H,4,7-10,13-16H2,1-2H3/t18-,19-/m1/s1. The van der Waals surface area contributed by atoms with Gasteiger partial charge in [-0.25, -0.2) is 9.69 Å². The molecule has 0 bridgehead atoms. The monoisotopic (exact) mass is 357 g/mol. The van der Waals surface area contributed by atoms with E-state index in [0.717, 1.165) is 44.9 Å². The molecule has 1 aliphatic heterocycles. The van der Waals surface area contributed by atoms with Crippen LogP contribution >= 0.6 is 0 Å². The Bertz CT molecular complexity index is 626. The normalized spacial score (nSPS) is 24.8. The van der Waals surface area contributed by atoms with Crippen molar-refractivity contribution in [2.45, 2.75) is 76.7 Å². The van der Waals surface area contributed by atoms with Gasteiger partial charge in [-0.05, 0) is 43.1 Å². The van der Waals surface area contributed by atoms with Gasteiger partial charge in [0.15, 0.2) is 0 Å². The number of ether oxygens (including phenoxy) is 1. The van der Waals surface area contributed by atoms with Crippen molar-refractivity contribution in [2.24, 2.45) is 5.92 Å². The molecule has 1 heterocycles. The van der Waals surface area contributed by atoms with Crippen LogP contribution in [0, 0.1) is 5.92 Å². The first-order valence-corrected chi connectivity index (χ1v) is 10.1. The zero-order valence-electron chi connectivity index (χ0n) is 16.1. The molecular weight excluding hydrogens is 326 g/mol. The molecule has 0 N–H and O–H groups in total. The summed E-state index contributed by atoms with van der Waals surface area (Å²) in [7, 11) is 0. The molecule has 3 rings (SSSR count). The number of imide groups is 1. The number of nitrogens with zero attached hydrogens (tertiary/aromatic N) is 1. The average Bonchev–Trinajstić information content (AvgIpc) is 2.87. The van der Waals surface area contributed by atoms with Crippen LogP contribution in [0.1, 0.15) is 70.8 Å². The van der Waals surface area contributed by atoms with Crippen molar-refractivity contribution in [3.05, 3.63) is 35.9 Å². The van der Waals surface area contributed by atoms with Crippen molar-refractivity contribution in [3.63, 3.8) is 0 Å². The van der Waals surface area contributed by atoms with E-state index in [1.165, 1.54) is 10.5 Å². The van der Waals surface area contributed by atoms with Gasteiger partial charge in [-0.1, -0.05) is 57.0 Å². The SMILES string of the molecule is CC(C)(c1ccccc1)[C@@H]1CCCC[C@H]1OC(=O)N1CCCCCC1=O. The third-order valence-electron chi connectivity index (χ3n) is 6.19. The maximum Gasteiger partial charge on any atom is 0.416 e. The maximum absolute atomic E-state index is 12.7. The van der Waals surface area contributed by atoms with Crippen LogP contribution in [0.25, 0.3) is 0 Å². The minimum atomic E-state index is -0.433. The summed E-state index contributed by atoms with van der Waals surface area (Å²) in [5.41, 5.74) is 1.20. The molecule has 4 heteroatoms. The molecule has 2 aliphatic rings. The van der Waals surface area contributed by atoms with Gasteiger partial charge in [0, 0.05) is 18.9 Å². The summed E-state index contributed by atoms with van der Waals surface area (Å²) in [6.45, 7) is 4.99. The number of carbonyl (C=O) groups excluding carboxylic acids is 2. The fourth-order valence-corrected chi connectivity index (χ4v) is 4.51. The highest BCUT2D eigenvalue weighted by Crippen LogP contribution is 2.42. The van der Waals surface area contributed by atoms with Crippen LogP contribution in [0.3, 0.4) is 0 Å². The van der Waals surface area contributed by atoms with Gasteiger partial charge in [0.1, 0.15) is 6.10 Å². The molecule has 2 fully saturated rings. The van der Waals surface area contributed by atoms with Gasteiger partial charge in [0.05, 0.1) is 0 Å². The highest BCUT2D eigenvalue weighted by molar-refractivity contribution is 5.92. The maximum atomic E-state index is 12.7. The third-order valence-corrected chi connectivity index (χ3v) is 6.19.